The van der Waals surface area contributed by atoms with E-state index < -0.39 is 23.1 Å². The van der Waals surface area contributed by atoms with Crippen molar-refractivity contribution in [3.8, 4) is 0 Å². The molecule has 1 heterocycles. The van der Waals surface area contributed by atoms with E-state index in [2.05, 4.69) is 4.90 Å². The van der Waals surface area contributed by atoms with Crippen LogP contribution in [0.15, 0.2) is 0 Å². The highest BCUT2D eigenvalue weighted by Crippen LogP contribution is 2.29. The van der Waals surface area contributed by atoms with Crippen LogP contribution in [-0.2, 0) is 14.3 Å². The van der Waals surface area contributed by atoms with Crippen LogP contribution in [0.5, 0.6) is 0 Å². The predicted octanol–water partition coefficient (Wildman–Crippen LogP) is -0.860. The molecular weight excluding hydrogens is 282 g/mol. The van der Waals surface area contributed by atoms with E-state index in [1.165, 1.54) is 0 Å². The van der Waals surface area contributed by atoms with Gasteiger partial charge in [0.2, 0.25) is 5.60 Å². The summed E-state index contributed by atoms with van der Waals surface area (Å²) in [7, 11) is 0. The summed E-state index contributed by atoms with van der Waals surface area (Å²) >= 11 is 0. The van der Waals surface area contributed by atoms with Gasteiger partial charge in [0, 0.05) is 13.1 Å². The van der Waals surface area contributed by atoms with Crippen LogP contribution in [0.1, 0.15) is 26.2 Å². The molecule has 2 unspecified atom stereocenters. The minimum Gasteiger partial charge on any atom is -0.479 e. The monoisotopic (exact) mass is 305 g/mol. The Balaban J connectivity index is 2.51. The first-order chi connectivity index (χ1) is 9.72. The van der Waals surface area contributed by atoms with E-state index in [4.69, 9.17) is 14.9 Å². The fourth-order valence-electron chi connectivity index (χ4n) is 2.28. The molecule has 8 nitrogen and oxygen atoms in total. The van der Waals surface area contributed by atoms with Crippen LogP contribution in [0.25, 0.3) is 0 Å². The molecule has 1 aliphatic rings. The Morgan fingerprint density at radius 3 is 2.14 bits per heavy atom. The number of aliphatic carboxylic acids is 2. The molecule has 1 aliphatic heterocycles. The summed E-state index contributed by atoms with van der Waals surface area (Å²) in [6, 6.07) is 0. The lowest BCUT2D eigenvalue weighted by molar-refractivity contribution is -0.204. The van der Waals surface area contributed by atoms with E-state index in [9.17, 15) is 19.8 Å². The smallest absolute Gasteiger partial charge is 0.339 e. The Morgan fingerprint density at radius 1 is 1.10 bits per heavy atom. The largest absolute Gasteiger partial charge is 0.479 e. The highest BCUT2D eigenvalue weighted by atomic mass is 16.5. The summed E-state index contributed by atoms with van der Waals surface area (Å²) in [4.78, 5) is 24.3. The molecule has 0 radical (unpaired) electrons. The van der Waals surface area contributed by atoms with Crippen LogP contribution >= 0.6 is 0 Å². The quantitative estimate of drug-likeness (QED) is 0.427. The molecule has 2 atom stereocenters. The van der Waals surface area contributed by atoms with Crippen molar-refractivity contribution in [2.75, 3.05) is 32.8 Å². The molecule has 21 heavy (non-hydrogen) atoms. The summed E-state index contributed by atoms with van der Waals surface area (Å²) < 4.78 is 5.21. The zero-order chi connectivity index (χ0) is 16.1. The molecule has 0 spiro atoms. The Hall–Kier alpha value is -1.22. The number of morpholine rings is 1. The van der Waals surface area contributed by atoms with Crippen molar-refractivity contribution in [1.82, 2.24) is 4.90 Å². The molecule has 0 aliphatic carbocycles. The molecule has 4 N–H and O–H groups in total. The Kier molecular flexibility index (Phi) is 6.09. The number of nitrogens with zero attached hydrogens (tertiary/aromatic N) is 1. The minimum absolute atomic E-state index is 0.295. The topological polar surface area (TPSA) is 128 Å². The molecule has 0 aromatic heterocycles. The second-order valence-electron chi connectivity index (χ2n) is 5.45. The van der Waals surface area contributed by atoms with Crippen LogP contribution in [0, 0.1) is 0 Å². The number of hydrogen-bond acceptors (Lipinski definition) is 6. The normalized spacial score (nSPS) is 22.2. The van der Waals surface area contributed by atoms with E-state index in [-0.39, 0.29) is 6.42 Å². The molecule has 0 saturated carbocycles. The molecule has 0 aromatic carbocycles. The second kappa shape index (κ2) is 7.17. The van der Waals surface area contributed by atoms with Gasteiger partial charge < -0.3 is 25.2 Å². The van der Waals surface area contributed by atoms with Crippen molar-refractivity contribution < 1.29 is 34.8 Å². The average molecular weight is 305 g/mol. The van der Waals surface area contributed by atoms with E-state index in [1.54, 1.807) is 0 Å². The third kappa shape index (κ3) is 4.13. The Labute approximate surface area is 122 Å². The van der Waals surface area contributed by atoms with Crippen LogP contribution in [0.2, 0.25) is 0 Å². The van der Waals surface area contributed by atoms with Crippen molar-refractivity contribution in [3.63, 3.8) is 0 Å². The molecule has 0 aromatic rings. The summed E-state index contributed by atoms with van der Waals surface area (Å²) in [5.74, 6) is -3.50. The van der Waals surface area contributed by atoms with Gasteiger partial charge in [-0.3, -0.25) is 4.90 Å². The van der Waals surface area contributed by atoms with Gasteiger partial charge in [0.1, 0.15) is 0 Å². The summed E-state index contributed by atoms with van der Waals surface area (Å²) in [5, 5.41) is 37.8. The first kappa shape index (κ1) is 17.8. The van der Waals surface area contributed by atoms with Gasteiger partial charge >= 0.3 is 11.9 Å². The summed E-state index contributed by atoms with van der Waals surface area (Å²) in [5.41, 5.74) is -5.44. The van der Waals surface area contributed by atoms with Gasteiger partial charge in [0.25, 0.3) is 0 Å². The van der Waals surface area contributed by atoms with Gasteiger partial charge in [-0.05, 0) is 32.7 Å². The first-order valence-corrected chi connectivity index (χ1v) is 6.93. The number of carboxylic acid groups (broad SMARTS) is 2. The highest BCUT2D eigenvalue weighted by Gasteiger charge is 2.56. The van der Waals surface area contributed by atoms with Crippen LogP contribution < -0.4 is 0 Å². The van der Waals surface area contributed by atoms with Gasteiger partial charge in [-0.1, -0.05) is 0 Å². The van der Waals surface area contributed by atoms with E-state index >= 15 is 0 Å². The molecular formula is C13H23NO7. The van der Waals surface area contributed by atoms with Crippen molar-refractivity contribution in [3.05, 3.63) is 0 Å². The Morgan fingerprint density at radius 2 is 1.67 bits per heavy atom. The third-order valence-corrected chi connectivity index (χ3v) is 3.94. The second-order valence-corrected chi connectivity index (χ2v) is 5.45. The van der Waals surface area contributed by atoms with Crippen molar-refractivity contribution >= 4 is 11.9 Å². The number of hydrogen-bond donors (Lipinski definition) is 4. The van der Waals surface area contributed by atoms with E-state index in [0.29, 0.717) is 32.6 Å². The number of ether oxygens (including phenoxy) is 1. The van der Waals surface area contributed by atoms with Crippen LogP contribution in [-0.4, -0.2) is 81.3 Å². The lowest BCUT2D eigenvalue weighted by Gasteiger charge is -2.34. The van der Waals surface area contributed by atoms with Gasteiger partial charge in [0.15, 0.2) is 5.60 Å². The molecule has 122 valence electrons. The average Bonchev–Trinajstić information content (AvgIpc) is 2.43. The first-order valence-electron chi connectivity index (χ1n) is 6.93. The maximum absolute atomic E-state index is 11.2. The van der Waals surface area contributed by atoms with Gasteiger partial charge in [-0.25, -0.2) is 9.59 Å². The van der Waals surface area contributed by atoms with Crippen molar-refractivity contribution in [2.24, 2.45) is 0 Å². The Bertz CT molecular complexity index is 379. The van der Waals surface area contributed by atoms with Crippen molar-refractivity contribution in [1.29, 1.82) is 0 Å². The van der Waals surface area contributed by atoms with E-state index in [0.717, 1.165) is 20.0 Å². The molecule has 0 bridgehead atoms. The maximum atomic E-state index is 11.2. The lowest BCUT2D eigenvalue weighted by atomic mass is 9.80. The maximum Gasteiger partial charge on any atom is 0.339 e. The SMILES string of the molecule is CC(O)(C(=O)O)C(O)(CCCCN1CCOCC1)C(=O)O. The molecule has 8 heteroatoms. The molecule has 0 amide bonds. The minimum atomic E-state index is -2.74. The molecule has 1 fully saturated rings. The number of rotatable bonds is 8. The molecule has 1 rings (SSSR count). The van der Waals surface area contributed by atoms with Gasteiger partial charge in [-0.2, -0.15) is 0 Å². The fourth-order valence-corrected chi connectivity index (χ4v) is 2.28. The highest BCUT2D eigenvalue weighted by molar-refractivity contribution is 5.90. The lowest BCUT2D eigenvalue weighted by Crippen LogP contribution is -2.62. The number of unbranched alkanes of at least 4 members (excludes halogenated alkanes) is 1. The van der Waals surface area contributed by atoms with Crippen LogP contribution in [0.3, 0.4) is 0 Å². The van der Waals surface area contributed by atoms with Crippen LogP contribution in [0.4, 0.5) is 0 Å². The zero-order valence-corrected chi connectivity index (χ0v) is 12.1. The van der Waals surface area contributed by atoms with Gasteiger partial charge in [0.05, 0.1) is 13.2 Å². The summed E-state index contributed by atoms with van der Waals surface area (Å²) in [6.07, 6.45) is 0.570. The van der Waals surface area contributed by atoms with Crippen molar-refractivity contribution in [2.45, 2.75) is 37.4 Å². The zero-order valence-electron chi connectivity index (χ0n) is 12.1. The fraction of sp³-hybridized carbons (Fsp3) is 0.846. The third-order valence-electron chi connectivity index (χ3n) is 3.94. The number of aliphatic hydroxyl groups is 2. The van der Waals surface area contributed by atoms with Gasteiger partial charge in [-0.15, -0.1) is 0 Å². The number of carbonyl (C=O) groups is 2. The molecule has 1 saturated heterocycles. The van der Waals surface area contributed by atoms with E-state index in [1.807, 2.05) is 0 Å². The predicted molar refractivity (Wildman–Crippen MR) is 72.0 cm³/mol. The standard InChI is InChI=1S/C13H23NO7/c1-12(19,10(15)16)13(20,11(17)18)4-2-3-5-14-6-8-21-9-7-14/h19-20H,2-9H2,1H3,(H,15,16)(H,17,18). The number of carboxylic acids is 2. The summed E-state index contributed by atoms with van der Waals surface area (Å²) in [6.45, 7) is 4.44.